The third-order valence-electron chi connectivity index (χ3n) is 6.34. The molecule has 1 amide bonds. The Morgan fingerprint density at radius 3 is 2.33 bits per heavy atom. The van der Waals surface area contributed by atoms with Crippen molar-refractivity contribution < 1.29 is 13.2 Å². The Morgan fingerprint density at radius 1 is 1.10 bits per heavy atom. The number of sulfone groups is 1. The number of para-hydroxylation sites is 2. The van der Waals surface area contributed by atoms with Crippen LogP contribution in [0.3, 0.4) is 0 Å². The van der Waals surface area contributed by atoms with E-state index in [-0.39, 0.29) is 16.1 Å². The Bertz CT molecular complexity index is 1020. The summed E-state index contributed by atoms with van der Waals surface area (Å²) >= 11 is 0. The van der Waals surface area contributed by atoms with E-state index in [4.69, 9.17) is 5.73 Å². The number of hydrogen-bond acceptors (Lipinski definition) is 5. The number of carbonyl (C=O) groups excluding carboxylic acids is 1. The van der Waals surface area contributed by atoms with E-state index in [1.54, 1.807) is 36.4 Å². The fourth-order valence-corrected chi connectivity index (χ4v) is 5.81. The molecule has 3 N–H and O–H groups in total. The summed E-state index contributed by atoms with van der Waals surface area (Å²) in [5.74, 6) is -0.321. The highest BCUT2D eigenvalue weighted by atomic mass is 32.2. The number of nitrogens with zero attached hydrogens (tertiary/aromatic N) is 1. The van der Waals surface area contributed by atoms with Gasteiger partial charge in [0.25, 0.3) is 5.91 Å². The number of benzene rings is 2. The summed E-state index contributed by atoms with van der Waals surface area (Å²) in [7, 11) is -3.40. The quantitative estimate of drug-likeness (QED) is 0.688. The van der Waals surface area contributed by atoms with Crippen LogP contribution in [0.25, 0.3) is 0 Å². The molecule has 0 atom stereocenters. The number of nitrogen functional groups attached to an aromatic ring is 1. The van der Waals surface area contributed by atoms with Gasteiger partial charge < -0.3 is 16.0 Å². The molecule has 2 aliphatic rings. The number of hydrogen-bond donors (Lipinski definition) is 2. The van der Waals surface area contributed by atoms with Gasteiger partial charge >= 0.3 is 0 Å². The number of carbonyl (C=O) groups is 1. The zero-order valence-electron chi connectivity index (χ0n) is 17.3. The topological polar surface area (TPSA) is 92.5 Å². The highest BCUT2D eigenvalue weighted by Crippen LogP contribution is 2.45. The summed E-state index contributed by atoms with van der Waals surface area (Å²) in [4.78, 5) is 15.2. The summed E-state index contributed by atoms with van der Waals surface area (Å²) in [6, 6.07) is 13.2. The predicted molar refractivity (Wildman–Crippen MR) is 119 cm³/mol. The zero-order valence-corrected chi connectivity index (χ0v) is 18.1. The summed E-state index contributed by atoms with van der Waals surface area (Å²) in [6.45, 7) is 5.05. The summed E-state index contributed by atoms with van der Waals surface area (Å²) in [5.41, 5.74) is 7.72. The van der Waals surface area contributed by atoms with Gasteiger partial charge in [-0.1, -0.05) is 19.1 Å². The van der Waals surface area contributed by atoms with Crippen molar-refractivity contribution in [3.63, 3.8) is 0 Å². The predicted octanol–water partition coefficient (Wildman–Crippen LogP) is 3.56. The maximum atomic E-state index is 13.1. The molecular weight excluding hydrogens is 398 g/mol. The molecule has 1 aliphatic carbocycles. The Hall–Kier alpha value is -2.38. The molecule has 30 heavy (non-hydrogen) atoms. The molecule has 6 nitrogen and oxygen atoms in total. The van der Waals surface area contributed by atoms with Crippen molar-refractivity contribution in [2.75, 3.05) is 30.7 Å². The zero-order chi connectivity index (χ0) is 21.4. The van der Waals surface area contributed by atoms with Gasteiger partial charge in [0.15, 0.2) is 9.84 Å². The van der Waals surface area contributed by atoms with Crippen molar-refractivity contribution in [2.24, 2.45) is 5.41 Å². The maximum absolute atomic E-state index is 13.1. The van der Waals surface area contributed by atoms with Crippen LogP contribution in [-0.4, -0.2) is 44.1 Å². The number of rotatable bonds is 6. The molecule has 2 fully saturated rings. The lowest BCUT2D eigenvalue weighted by molar-refractivity contribution is 0.102. The van der Waals surface area contributed by atoms with Crippen LogP contribution >= 0.6 is 0 Å². The molecule has 1 saturated carbocycles. The van der Waals surface area contributed by atoms with Crippen LogP contribution in [0, 0.1) is 5.41 Å². The van der Waals surface area contributed by atoms with Crippen molar-refractivity contribution in [1.82, 2.24) is 4.90 Å². The van der Waals surface area contributed by atoms with Crippen molar-refractivity contribution in [2.45, 2.75) is 42.8 Å². The SMILES string of the molecule is CC1(CN2CCC(S(=O)(=O)c3ccc(C(=O)Nc4ccccc4N)cc3)CC2)CC1. The van der Waals surface area contributed by atoms with Gasteiger partial charge in [0.05, 0.1) is 21.5 Å². The first-order valence-corrected chi connectivity index (χ1v) is 12.0. The van der Waals surface area contributed by atoms with E-state index < -0.39 is 9.84 Å². The molecule has 2 aromatic carbocycles. The van der Waals surface area contributed by atoms with Gasteiger partial charge in [0.1, 0.15) is 0 Å². The second kappa shape index (κ2) is 8.04. The number of anilines is 2. The normalized spacial score (nSPS) is 19.4. The van der Waals surface area contributed by atoms with Gasteiger partial charge in [-0.25, -0.2) is 8.42 Å². The van der Waals surface area contributed by atoms with E-state index in [0.717, 1.165) is 19.6 Å². The highest BCUT2D eigenvalue weighted by molar-refractivity contribution is 7.92. The van der Waals surface area contributed by atoms with E-state index in [1.165, 1.54) is 25.0 Å². The molecule has 0 bridgehead atoms. The van der Waals surface area contributed by atoms with Crippen molar-refractivity contribution >= 4 is 27.1 Å². The minimum Gasteiger partial charge on any atom is -0.397 e. The van der Waals surface area contributed by atoms with Crippen LogP contribution in [0.2, 0.25) is 0 Å². The first-order valence-electron chi connectivity index (χ1n) is 10.5. The van der Waals surface area contributed by atoms with Crippen LogP contribution in [0.4, 0.5) is 11.4 Å². The second-order valence-corrected chi connectivity index (χ2v) is 11.1. The van der Waals surface area contributed by atoms with Crippen LogP contribution in [0.5, 0.6) is 0 Å². The third-order valence-corrected chi connectivity index (χ3v) is 8.61. The van der Waals surface area contributed by atoms with E-state index >= 15 is 0 Å². The van der Waals surface area contributed by atoms with E-state index in [0.29, 0.717) is 35.2 Å². The molecule has 0 radical (unpaired) electrons. The van der Waals surface area contributed by atoms with Crippen LogP contribution < -0.4 is 11.1 Å². The molecule has 1 aliphatic heterocycles. The molecule has 7 heteroatoms. The molecule has 0 unspecified atom stereocenters. The number of nitrogens with one attached hydrogen (secondary N) is 1. The summed E-state index contributed by atoms with van der Waals surface area (Å²) < 4.78 is 26.1. The smallest absolute Gasteiger partial charge is 0.255 e. The highest BCUT2D eigenvalue weighted by Gasteiger charge is 2.40. The van der Waals surface area contributed by atoms with E-state index in [2.05, 4.69) is 17.1 Å². The molecular formula is C23H29N3O3S. The Morgan fingerprint density at radius 2 is 1.73 bits per heavy atom. The van der Waals surface area contributed by atoms with Gasteiger partial charge in [0, 0.05) is 12.1 Å². The van der Waals surface area contributed by atoms with Gasteiger partial charge in [-0.3, -0.25) is 4.79 Å². The first kappa shape index (κ1) is 20.9. The standard InChI is InChI=1S/C23H29N3O3S/c1-23(12-13-23)16-26-14-10-19(11-15-26)30(28,29)18-8-6-17(7-9-18)22(27)25-21-5-3-2-4-20(21)24/h2-9,19H,10-16,24H2,1H3,(H,25,27). The van der Waals surface area contributed by atoms with Crippen LogP contribution in [0.1, 0.15) is 43.0 Å². The average molecular weight is 428 g/mol. The fraction of sp³-hybridized carbons (Fsp3) is 0.435. The van der Waals surface area contributed by atoms with Gasteiger partial charge in [-0.2, -0.15) is 0 Å². The van der Waals surface area contributed by atoms with Crippen LogP contribution in [0.15, 0.2) is 53.4 Å². The third kappa shape index (κ3) is 4.52. The van der Waals surface area contributed by atoms with Gasteiger partial charge in [0.2, 0.25) is 0 Å². The molecule has 160 valence electrons. The summed E-state index contributed by atoms with van der Waals surface area (Å²) in [6.07, 6.45) is 3.88. The number of piperidine rings is 1. The van der Waals surface area contributed by atoms with Crippen LogP contribution in [-0.2, 0) is 9.84 Å². The molecule has 2 aromatic rings. The molecule has 0 spiro atoms. The van der Waals surface area contributed by atoms with E-state index in [1.807, 2.05) is 0 Å². The van der Waals surface area contributed by atoms with Gasteiger partial charge in [-0.05, 0) is 80.6 Å². The van der Waals surface area contributed by atoms with Crippen molar-refractivity contribution in [3.8, 4) is 0 Å². The van der Waals surface area contributed by atoms with E-state index in [9.17, 15) is 13.2 Å². The van der Waals surface area contributed by atoms with Crippen molar-refractivity contribution in [3.05, 3.63) is 54.1 Å². The number of likely N-dealkylation sites (tertiary alicyclic amines) is 1. The Balaban J connectivity index is 1.39. The minimum absolute atomic E-state index is 0.283. The molecule has 4 rings (SSSR count). The van der Waals surface area contributed by atoms with Gasteiger partial charge in [-0.15, -0.1) is 0 Å². The molecule has 0 aromatic heterocycles. The largest absolute Gasteiger partial charge is 0.397 e. The molecule has 1 saturated heterocycles. The first-order chi connectivity index (χ1) is 14.3. The Kier molecular flexibility index (Phi) is 5.59. The lowest BCUT2D eigenvalue weighted by Gasteiger charge is -2.33. The summed E-state index contributed by atoms with van der Waals surface area (Å²) in [5, 5.41) is 2.40. The van der Waals surface area contributed by atoms with Crippen molar-refractivity contribution in [1.29, 1.82) is 0 Å². The lowest BCUT2D eigenvalue weighted by atomic mass is 10.1. The fourth-order valence-electron chi connectivity index (χ4n) is 4.08. The minimum atomic E-state index is -3.40. The lowest BCUT2D eigenvalue weighted by Crippen LogP contribution is -2.41. The molecule has 1 heterocycles. The number of amides is 1. The Labute approximate surface area is 178 Å². The average Bonchev–Trinajstić information content (AvgIpc) is 3.46. The monoisotopic (exact) mass is 427 g/mol. The number of nitrogens with two attached hydrogens (primary N) is 1. The maximum Gasteiger partial charge on any atom is 0.255 e. The second-order valence-electron chi connectivity index (χ2n) is 8.90.